The number of H-pyrrole nitrogens is 1. The molecule has 0 atom stereocenters. The second-order valence-corrected chi connectivity index (χ2v) is 5.34. The first-order valence-electron chi connectivity index (χ1n) is 7.23. The highest BCUT2D eigenvalue weighted by molar-refractivity contribution is 5.83. The van der Waals surface area contributed by atoms with Crippen molar-refractivity contribution in [2.45, 2.75) is 13.8 Å². The van der Waals surface area contributed by atoms with Gasteiger partial charge in [0.05, 0.1) is 16.9 Å². The summed E-state index contributed by atoms with van der Waals surface area (Å²) in [6.07, 6.45) is 1.41. The Balaban J connectivity index is 2.02. The molecule has 0 aliphatic rings. The summed E-state index contributed by atoms with van der Waals surface area (Å²) in [4.78, 5) is 16.6. The van der Waals surface area contributed by atoms with Gasteiger partial charge in [-0.3, -0.25) is 14.9 Å². The van der Waals surface area contributed by atoms with Crippen molar-refractivity contribution in [2.75, 3.05) is 0 Å². The molecule has 2 aromatic carbocycles. The topological polar surface area (TPSA) is 50.1 Å². The lowest BCUT2D eigenvalue weighted by Crippen LogP contribution is -2.17. The van der Waals surface area contributed by atoms with Gasteiger partial charge in [-0.15, -0.1) is 0 Å². The summed E-state index contributed by atoms with van der Waals surface area (Å²) in [7, 11) is 0. The number of halogens is 1. The number of nitrogens with zero attached hydrogens (tertiary/aromatic N) is 2. The molecule has 0 saturated carbocycles. The molecule has 1 heterocycles. The zero-order valence-electron chi connectivity index (χ0n) is 12.9. The van der Waals surface area contributed by atoms with Crippen LogP contribution in [0.2, 0.25) is 0 Å². The van der Waals surface area contributed by atoms with Gasteiger partial charge in [0.2, 0.25) is 0 Å². The molecule has 5 heteroatoms. The van der Waals surface area contributed by atoms with Gasteiger partial charge < -0.3 is 0 Å². The molecule has 0 amide bonds. The predicted octanol–water partition coefficient (Wildman–Crippen LogP) is 3.67. The van der Waals surface area contributed by atoms with Crippen LogP contribution >= 0.6 is 0 Å². The molecule has 0 unspecified atom stereocenters. The van der Waals surface area contributed by atoms with Gasteiger partial charge in [0, 0.05) is 11.9 Å². The van der Waals surface area contributed by atoms with E-state index in [9.17, 15) is 9.18 Å². The highest BCUT2D eigenvalue weighted by Crippen LogP contribution is 2.19. The zero-order valence-corrected chi connectivity index (χ0v) is 12.9. The maximum atomic E-state index is 13.7. The van der Waals surface area contributed by atoms with Gasteiger partial charge in [0.25, 0.3) is 5.56 Å². The fourth-order valence-corrected chi connectivity index (χ4v) is 2.33. The molecule has 0 bridgehead atoms. The summed E-state index contributed by atoms with van der Waals surface area (Å²) < 4.78 is 15.2. The summed E-state index contributed by atoms with van der Waals surface area (Å²) in [5.41, 5.74) is 2.74. The third kappa shape index (κ3) is 2.99. The average molecular weight is 309 g/mol. The zero-order chi connectivity index (χ0) is 16.4. The van der Waals surface area contributed by atoms with E-state index in [1.807, 2.05) is 37.3 Å². The van der Waals surface area contributed by atoms with E-state index in [1.54, 1.807) is 19.1 Å². The maximum Gasteiger partial charge on any atom is 0.280 e. The van der Waals surface area contributed by atoms with Crippen LogP contribution in [-0.4, -0.2) is 16.0 Å². The second kappa shape index (κ2) is 6.04. The van der Waals surface area contributed by atoms with Crippen molar-refractivity contribution in [1.29, 1.82) is 0 Å². The average Bonchev–Trinajstić information content (AvgIpc) is 2.84. The Morgan fingerprint density at radius 3 is 2.61 bits per heavy atom. The van der Waals surface area contributed by atoms with Crippen molar-refractivity contribution in [3.05, 3.63) is 81.5 Å². The van der Waals surface area contributed by atoms with Gasteiger partial charge in [0.15, 0.2) is 0 Å². The normalized spacial score (nSPS) is 11.3. The summed E-state index contributed by atoms with van der Waals surface area (Å²) in [6.45, 7) is 3.65. The first-order valence-corrected chi connectivity index (χ1v) is 7.23. The second-order valence-electron chi connectivity index (χ2n) is 5.34. The molecule has 0 saturated heterocycles. The van der Waals surface area contributed by atoms with E-state index in [1.165, 1.54) is 17.0 Å². The van der Waals surface area contributed by atoms with E-state index >= 15 is 0 Å². The number of aromatic nitrogens is 2. The number of hydrogen-bond acceptors (Lipinski definition) is 2. The van der Waals surface area contributed by atoms with Crippen molar-refractivity contribution < 1.29 is 4.39 Å². The Labute approximate surface area is 132 Å². The van der Waals surface area contributed by atoms with E-state index in [0.717, 1.165) is 11.3 Å². The molecule has 0 aliphatic heterocycles. The van der Waals surface area contributed by atoms with Crippen LogP contribution in [0.5, 0.6) is 0 Å². The van der Waals surface area contributed by atoms with Gasteiger partial charge >= 0.3 is 0 Å². The predicted molar refractivity (Wildman–Crippen MR) is 89.5 cm³/mol. The fourth-order valence-electron chi connectivity index (χ4n) is 2.33. The summed E-state index contributed by atoms with van der Waals surface area (Å²) in [5, 5.41) is 3.01. The van der Waals surface area contributed by atoms with E-state index in [0.29, 0.717) is 11.3 Å². The number of aryl methyl sites for hydroxylation is 2. The minimum atomic E-state index is -0.413. The minimum absolute atomic E-state index is 0.217. The molecule has 1 aromatic heterocycles. The number of para-hydroxylation sites is 1. The summed E-state index contributed by atoms with van der Waals surface area (Å²) >= 11 is 0. The lowest BCUT2D eigenvalue weighted by Gasteiger charge is -1.99. The van der Waals surface area contributed by atoms with Crippen LogP contribution in [0.3, 0.4) is 0 Å². The number of rotatable bonds is 3. The SMILES string of the molecule is Cc1ccc(F)c(N=Cc2c(C)[nH]n(-c3ccccc3)c2=O)c1. The van der Waals surface area contributed by atoms with Crippen molar-refractivity contribution in [1.82, 2.24) is 9.78 Å². The lowest BCUT2D eigenvalue weighted by atomic mass is 10.2. The molecule has 4 nitrogen and oxygen atoms in total. The standard InChI is InChI=1S/C18H16FN3O/c1-12-8-9-16(19)17(10-12)20-11-15-13(2)21-22(18(15)23)14-6-4-3-5-7-14/h3-11,21H,1-2H3. The number of aromatic amines is 1. The number of hydrogen-bond donors (Lipinski definition) is 1. The van der Waals surface area contributed by atoms with Crippen LogP contribution in [0.4, 0.5) is 10.1 Å². The van der Waals surface area contributed by atoms with Crippen molar-refractivity contribution >= 4 is 11.9 Å². The molecule has 23 heavy (non-hydrogen) atoms. The van der Waals surface area contributed by atoms with Gasteiger partial charge in [-0.05, 0) is 43.7 Å². The molecular formula is C18H16FN3O. The third-order valence-electron chi connectivity index (χ3n) is 3.57. The van der Waals surface area contributed by atoms with Crippen molar-refractivity contribution in [3.8, 4) is 5.69 Å². The Bertz CT molecular complexity index is 923. The highest BCUT2D eigenvalue weighted by Gasteiger charge is 2.10. The largest absolute Gasteiger partial charge is 0.295 e. The molecule has 0 fully saturated rings. The van der Waals surface area contributed by atoms with Crippen LogP contribution in [-0.2, 0) is 0 Å². The van der Waals surface area contributed by atoms with Crippen molar-refractivity contribution in [3.63, 3.8) is 0 Å². The minimum Gasteiger partial charge on any atom is -0.295 e. The van der Waals surface area contributed by atoms with Crippen LogP contribution < -0.4 is 5.56 Å². The van der Waals surface area contributed by atoms with E-state index < -0.39 is 5.82 Å². The van der Waals surface area contributed by atoms with E-state index in [4.69, 9.17) is 0 Å². The quantitative estimate of drug-likeness (QED) is 0.737. The van der Waals surface area contributed by atoms with E-state index in [2.05, 4.69) is 10.1 Å². The lowest BCUT2D eigenvalue weighted by molar-refractivity contribution is 0.629. The van der Waals surface area contributed by atoms with Gasteiger partial charge in [0.1, 0.15) is 5.82 Å². The van der Waals surface area contributed by atoms with Crippen LogP contribution in [0.1, 0.15) is 16.8 Å². The Morgan fingerprint density at radius 1 is 1.13 bits per heavy atom. The van der Waals surface area contributed by atoms with Gasteiger partial charge in [-0.2, -0.15) is 0 Å². The first-order chi connectivity index (χ1) is 11.1. The Morgan fingerprint density at radius 2 is 1.87 bits per heavy atom. The molecule has 0 radical (unpaired) electrons. The molecule has 3 rings (SSSR count). The van der Waals surface area contributed by atoms with Crippen LogP contribution in [0.25, 0.3) is 5.69 Å². The number of aliphatic imine (C=N–C) groups is 1. The fraction of sp³-hybridized carbons (Fsp3) is 0.111. The molecule has 1 N–H and O–H groups in total. The Hall–Kier alpha value is -2.95. The molecular weight excluding hydrogens is 293 g/mol. The maximum absolute atomic E-state index is 13.7. The summed E-state index contributed by atoms with van der Waals surface area (Å²) in [6, 6.07) is 13.9. The molecule has 0 spiro atoms. The van der Waals surface area contributed by atoms with Crippen molar-refractivity contribution in [2.24, 2.45) is 4.99 Å². The third-order valence-corrected chi connectivity index (χ3v) is 3.57. The van der Waals surface area contributed by atoms with E-state index in [-0.39, 0.29) is 11.2 Å². The van der Waals surface area contributed by atoms with Crippen LogP contribution in [0, 0.1) is 19.7 Å². The number of benzene rings is 2. The molecule has 3 aromatic rings. The monoisotopic (exact) mass is 309 g/mol. The van der Waals surface area contributed by atoms with Gasteiger partial charge in [-0.25, -0.2) is 9.07 Å². The van der Waals surface area contributed by atoms with Crippen LogP contribution in [0.15, 0.2) is 58.3 Å². The Kier molecular flexibility index (Phi) is 3.93. The summed E-state index contributed by atoms with van der Waals surface area (Å²) in [5.74, 6) is -0.413. The number of nitrogens with one attached hydrogen (secondary N) is 1. The molecule has 0 aliphatic carbocycles. The molecule has 116 valence electrons. The highest BCUT2D eigenvalue weighted by atomic mass is 19.1. The smallest absolute Gasteiger partial charge is 0.280 e. The van der Waals surface area contributed by atoms with Gasteiger partial charge in [-0.1, -0.05) is 24.3 Å². The first kappa shape index (κ1) is 15.0.